The van der Waals surface area contributed by atoms with Gasteiger partial charge < -0.3 is 15.0 Å². The molecule has 118 valence electrons. The molecule has 1 aliphatic rings. The first-order valence-electron chi connectivity index (χ1n) is 7.34. The van der Waals surface area contributed by atoms with Crippen molar-refractivity contribution in [2.75, 3.05) is 43.5 Å². The number of amides is 1. The Morgan fingerprint density at radius 2 is 2.14 bits per heavy atom. The molecule has 1 saturated heterocycles. The SMILES string of the molecule is CCCCNC(=O)CSc1nnc(N2CCOCC2)n1C. The summed E-state index contributed by atoms with van der Waals surface area (Å²) in [4.78, 5) is 13.8. The van der Waals surface area contributed by atoms with E-state index in [9.17, 15) is 4.79 Å². The van der Waals surface area contributed by atoms with E-state index in [0.29, 0.717) is 5.75 Å². The molecule has 0 aromatic carbocycles. The molecule has 0 spiro atoms. The van der Waals surface area contributed by atoms with Gasteiger partial charge in [0.25, 0.3) is 0 Å². The number of carbonyl (C=O) groups is 1. The fraction of sp³-hybridized carbons (Fsp3) is 0.769. The van der Waals surface area contributed by atoms with Crippen molar-refractivity contribution >= 4 is 23.6 Å². The van der Waals surface area contributed by atoms with Crippen LogP contribution < -0.4 is 10.2 Å². The number of unbranched alkanes of at least 4 members (excludes halogenated alkanes) is 1. The summed E-state index contributed by atoms with van der Waals surface area (Å²) in [6, 6.07) is 0. The van der Waals surface area contributed by atoms with Crippen molar-refractivity contribution in [2.24, 2.45) is 7.05 Å². The van der Waals surface area contributed by atoms with Gasteiger partial charge in [-0.2, -0.15) is 0 Å². The van der Waals surface area contributed by atoms with E-state index in [-0.39, 0.29) is 5.91 Å². The molecule has 21 heavy (non-hydrogen) atoms. The highest BCUT2D eigenvalue weighted by molar-refractivity contribution is 7.99. The lowest BCUT2D eigenvalue weighted by Crippen LogP contribution is -2.37. The second kappa shape index (κ2) is 8.23. The molecule has 1 N–H and O–H groups in total. The number of morpholine rings is 1. The molecule has 0 atom stereocenters. The minimum atomic E-state index is 0.0457. The van der Waals surface area contributed by atoms with Crippen LogP contribution in [0.3, 0.4) is 0 Å². The van der Waals surface area contributed by atoms with Crippen LogP contribution in [0.2, 0.25) is 0 Å². The van der Waals surface area contributed by atoms with Gasteiger partial charge in [-0.15, -0.1) is 10.2 Å². The van der Waals surface area contributed by atoms with Crippen LogP contribution in [-0.2, 0) is 16.6 Å². The summed E-state index contributed by atoms with van der Waals surface area (Å²) < 4.78 is 7.28. The molecule has 0 radical (unpaired) electrons. The Morgan fingerprint density at radius 1 is 1.38 bits per heavy atom. The average Bonchev–Trinajstić information content (AvgIpc) is 2.87. The predicted molar refractivity (Wildman–Crippen MR) is 82.7 cm³/mol. The van der Waals surface area contributed by atoms with Crippen LogP contribution in [0.1, 0.15) is 19.8 Å². The van der Waals surface area contributed by atoms with E-state index in [1.165, 1.54) is 11.8 Å². The molecule has 1 aliphatic heterocycles. The van der Waals surface area contributed by atoms with Gasteiger partial charge in [0.2, 0.25) is 11.9 Å². The number of aromatic nitrogens is 3. The second-order valence-corrected chi connectivity index (χ2v) is 5.88. The number of nitrogens with zero attached hydrogens (tertiary/aromatic N) is 4. The summed E-state index contributed by atoms with van der Waals surface area (Å²) in [5.41, 5.74) is 0. The largest absolute Gasteiger partial charge is 0.378 e. The molecular formula is C13H23N5O2S. The fourth-order valence-corrected chi connectivity index (χ4v) is 2.79. The smallest absolute Gasteiger partial charge is 0.230 e. The van der Waals surface area contributed by atoms with Gasteiger partial charge >= 0.3 is 0 Å². The number of anilines is 1. The van der Waals surface area contributed by atoms with Gasteiger partial charge in [0.1, 0.15) is 0 Å². The van der Waals surface area contributed by atoms with Crippen molar-refractivity contribution in [1.29, 1.82) is 0 Å². The highest BCUT2D eigenvalue weighted by Gasteiger charge is 2.18. The standard InChI is InChI=1S/C13H23N5O2S/c1-3-4-5-14-11(19)10-21-13-16-15-12(17(13)2)18-6-8-20-9-7-18/h3-10H2,1-2H3,(H,14,19). The normalized spacial score (nSPS) is 15.2. The molecule has 1 amide bonds. The van der Waals surface area contributed by atoms with Crippen molar-refractivity contribution in [2.45, 2.75) is 24.9 Å². The maximum Gasteiger partial charge on any atom is 0.230 e. The minimum Gasteiger partial charge on any atom is -0.378 e. The topological polar surface area (TPSA) is 72.3 Å². The number of nitrogens with one attached hydrogen (secondary N) is 1. The highest BCUT2D eigenvalue weighted by Crippen LogP contribution is 2.20. The average molecular weight is 313 g/mol. The number of rotatable bonds is 7. The molecule has 7 nitrogen and oxygen atoms in total. The van der Waals surface area contributed by atoms with Gasteiger partial charge in [0.15, 0.2) is 5.16 Å². The molecule has 2 rings (SSSR count). The summed E-state index contributed by atoms with van der Waals surface area (Å²) in [5, 5.41) is 12.1. The molecule has 2 heterocycles. The zero-order valence-electron chi connectivity index (χ0n) is 12.7. The monoisotopic (exact) mass is 313 g/mol. The number of ether oxygens (including phenoxy) is 1. The van der Waals surface area contributed by atoms with Gasteiger partial charge in [0.05, 0.1) is 19.0 Å². The van der Waals surface area contributed by atoms with E-state index in [2.05, 4.69) is 27.3 Å². The van der Waals surface area contributed by atoms with E-state index in [1.807, 2.05) is 11.6 Å². The predicted octanol–water partition coefficient (Wildman–Crippen LogP) is 0.660. The Bertz CT molecular complexity index is 459. The summed E-state index contributed by atoms with van der Waals surface area (Å²) in [7, 11) is 1.93. The van der Waals surface area contributed by atoms with E-state index in [0.717, 1.165) is 56.8 Å². The summed E-state index contributed by atoms with van der Waals surface area (Å²) in [6.45, 7) is 5.94. The third-order valence-electron chi connectivity index (χ3n) is 3.29. The van der Waals surface area contributed by atoms with Crippen LogP contribution in [0.25, 0.3) is 0 Å². The van der Waals surface area contributed by atoms with Gasteiger partial charge in [-0.3, -0.25) is 9.36 Å². The first-order valence-corrected chi connectivity index (χ1v) is 8.32. The highest BCUT2D eigenvalue weighted by atomic mass is 32.2. The molecule has 8 heteroatoms. The van der Waals surface area contributed by atoms with E-state index < -0.39 is 0 Å². The first-order chi connectivity index (χ1) is 10.2. The van der Waals surface area contributed by atoms with Crippen molar-refractivity contribution in [3.8, 4) is 0 Å². The Kier molecular flexibility index (Phi) is 6.31. The summed E-state index contributed by atoms with van der Waals surface area (Å²) >= 11 is 1.42. The fourth-order valence-electron chi connectivity index (χ4n) is 2.06. The van der Waals surface area contributed by atoms with Crippen LogP contribution in [-0.4, -0.2) is 59.3 Å². The lowest BCUT2D eigenvalue weighted by Gasteiger charge is -2.27. The zero-order valence-corrected chi connectivity index (χ0v) is 13.5. The Hall–Kier alpha value is -1.28. The quantitative estimate of drug-likeness (QED) is 0.589. The summed E-state index contributed by atoms with van der Waals surface area (Å²) in [5.74, 6) is 1.26. The second-order valence-electron chi connectivity index (χ2n) is 4.93. The molecular weight excluding hydrogens is 290 g/mol. The number of thioether (sulfide) groups is 1. The van der Waals surface area contributed by atoms with E-state index >= 15 is 0 Å². The van der Waals surface area contributed by atoms with Crippen molar-refractivity contribution in [3.05, 3.63) is 0 Å². The van der Waals surface area contributed by atoms with E-state index in [4.69, 9.17) is 4.74 Å². The van der Waals surface area contributed by atoms with Crippen molar-refractivity contribution in [3.63, 3.8) is 0 Å². The van der Waals surface area contributed by atoms with Gasteiger partial charge in [-0.1, -0.05) is 25.1 Å². The lowest BCUT2D eigenvalue weighted by atomic mass is 10.3. The first kappa shape index (κ1) is 16.1. The number of carbonyl (C=O) groups excluding carboxylic acids is 1. The van der Waals surface area contributed by atoms with Crippen LogP contribution >= 0.6 is 11.8 Å². The molecule has 0 bridgehead atoms. The lowest BCUT2D eigenvalue weighted by molar-refractivity contribution is -0.118. The van der Waals surface area contributed by atoms with Crippen molar-refractivity contribution < 1.29 is 9.53 Å². The maximum atomic E-state index is 11.7. The minimum absolute atomic E-state index is 0.0457. The van der Waals surface area contributed by atoms with Gasteiger partial charge in [0, 0.05) is 26.7 Å². The molecule has 0 saturated carbocycles. The third-order valence-corrected chi connectivity index (χ3v) is 4.31. The number of hydrogen-bond acceptors (Lipinski definition) is 6. The Balaban J connectivity index is 1.84. The zero-order chi connectivity index (χ0) is 15.1. The van der Waals surface area contributed by atoms with Crippen LogP contribution in [0.4, 0.5) is 5.95 Å². The van der Waals surface area contributed by atoms with Crippen LogP contribution in [0, 0.1) is 0 Å². The van der Waals surface area contributed by atoms with E-state index in [1.54, 1.807) is 0 Å². The van der Waals surface area contributed by atoms with Gasteiger partial charge in [-0.25, -0.2) is 0 Å². The molecule has 1 aromatic heterocycles. The van der Waals surface area contributed by atoms with Gasteiger partial charge in [-0.05, 0) is 6.42 Å². The molecule has 1 fully saturated rings. The maximum absolute atomic E-state index is 11.7. The summed E-state index contributed by atoms with van der Waals surface area (Å²) in [6.07, 6.45) is 2.10. The van der Waals surface area contributed by atoms with Crippen molar-refractivity contribution in [1.82, 2.24) is 20.1 Å². The molecule has 0 aliphatic carbocycles. The number of hydrogen-bond donors (Lipinski definition) is 1. The van der Waals surface area contributed by atoms with Crippen LogP contribution in [0.15, 0.2) is 5.16 Å². The third kappa shape index (κ3) is 4.60. The Morgan fingerprint density at radius 3 is 2.86 bits per heavy atom. The van der Waals surface area contributed by atoms with Crippen LogP contribution in [0.5, 0.6) is 0 Å². The molecule has 0 unspecified atom stereocenters. The molecule has 1 aromatic rings. The Labute approximate surface area is 129 Å².